The van der Waals surface area contributed by atoms with Gasteiger partial charge in [0.2, 0.25) is 0 Å². The zero-order chi connectivity index (χ0) is 18.9. The monoisotopic (exact) mass is 374 g/mol. The molecule has 4 aliphatic carbocycles. The molecule has 0 amide bonds. The maximum Gasteiger partial charge on any atom is 0.184 e. The average molecular weight is 375 g/mol. The van der Waals surface area contributed by atoms with Crippen molar-refractivity contribution in [3.8, 4) is 0 Å². The van der Waals surface area contributed by atoms with Crippen molar-refractivity contribution in [2.75, 3.05) is 0 Å². The third kappa shape index (κ3) is 2.71. The number of hydrogen-bond donors (Lipinski definition) is 0. The van der Waals surface area contributed by atoms with Crippen molar-refractivity contribution in [3.05, 3.63) is 11.6 Å². The molecule has 4 rings (SSSR count). The molecule has 0 aromatic heterocycles. The van der Waals surface area contributed by atoms with Crippen LogP contribution in [0.15, 0.2) is 11.6 Å². The smallest absolute Gasteiger partial charge is 0.184 e. The zero-order valence-electron chi connectivity index (χ0n) is 17.7. The number of hydrogen-bond acceptors (Lipinski definition) is 2. The fraction of sp³-hybridized carbons (Fsp3) is 0.870. The highest BCUT2D eigenvalue weighted by Crippen LogP contribution is 2.66. The van der Waals surface area contributed by atoms with Crippen molar-refractivity contribution in [1.29, 1.82) is 0 Å². The zero-order valence-corrected chi connectivity index (χ0v) is 18.7. The molecule has 0 bridgehead atoms. The van der Waals surface area contributed by atoms with Crippen LogP contribution in [-0.2, 0) is 9.22 Å². The summed E-state index contributed by atoms with van der Waals surface area (Å²) in [6, 6.07) is 0. The molecule has 0 aromatic rings. The van der Waals surface area contributed by atoms with Crippen molar-refractivity contribution in [2.24, 2.45) is 34.5 Å². The predicted octanol–water partition coefficient (Wildman–Crippen LogP) is 5.98. The minimum Gasteiger partial charge on any atom is -0.414 e. The Balaban J connectivity index is 1.63. The van der Waals surface area contributed by atoms with Crippen molar-refractivity contribution in [3.63, 3.8) is 0 Å². The third-order valence-corrected chi connectivity index (χ3v) is 9.98. The molecule has 0 radical (unpaired) electrons. The van der Waals surface area contributed by atoms with Crippen LogP contribution in [0, 0.1) is 34.5 Å². The van der Waals surface area contributed by atoms with E-state index >= 15 is 0 Å². The summed E-state index contributed by atoms with van der Waals surface area (Å²) in [6.45, 7) is 14.3. The van der Waals surface area contributed by atoms with E-state index < -0.39 is 8.32 Å². The van der Waals surface area contributed by atoms with Crippen LogP contribution < -0.4 is 0 Å². The molecule has 146 valence electrons. The second kappa shape index (κ2) is 6.04. The van der Waals surface area contributed by atoms with Gasteiger partial charge in [0.1, 0.15) is 0 Å². The Morgan fingerprint density at radius 3 is 2.46 bits per heavy atom. The molecule has 0 heterocycles. The van der Waals surface area contributed by atoms with Gasteiger partial charge in [-0.15, -0.1) is 0 Å². The highest BCUT2D eigenvalue weighted by Gasteiger charge is 2.61. The van der Waals surface area contributed by atoms with Gasteiger partial charge in [-0.1, -0.05) is 19.4 Å². The topological polar surface area (TPSA) is 26.3 Å². The van der Waals surface area contributed by atoms with E-state index in [4.69, 9.17) is 4.43 Å². The molecular formula is C23H38O2Si. The standard InChI is InChI=1S/C23H38O2Si/c1-15-13-17(24)14-16-7-8-18-19-9-10-21(25-26(4,5)6)22(19,2)12-11-20(18)23(15,16)3/h13,16,18-21H,7-12,14H2,1-6H3. The molecule has 3 fully saturated rings. The van der Waals surface area contributed by atoms with Crippen molar-refractivity contribution < 1.29 is 9.22 Å². The third-order valence-electron chi connectivity index (χ3n) is 8.99. The van der Waals surface area contributed by atoms with Crippen molar-refractivity contribution >= 4 is 14.1 Å². The normalized spacial score (nSPS) is 48.5. The summed E-state index contributed by atoms with van der Waals surface area (Å²) in [5.74, 6) is 3.39. The first-order chi connectivity index (χ1) is 12.1. The summed E-state index contributed by atoms with van der Waals surface area (Å²) in [5.41, 5.74) is 2.02. The van der Waals surface area contributed by atoms with Crippen LogP contribution in [0.2, 0.25) is 19.6 Å². The van der Waals surface area contributed by atoms with Crippen LogP contribution >= 0.6 is 0 Å². The number of carbonyl (C=O) groups excluding carboxylic acids is 1. The second-order valence-corrected chi connectivity index (χ2v) is 15.7. The first-order valence-corrected chi connectivity index (χ1v) is 14.4. The average Bonchev–Trinajstić information content (AvgIpc) is 2.84. The molecule has 0 saturated heterocycles. The van der Waals surface area contributed by atoms with Gasteiger partial charge >= 0.3 is 0 Å². The fourth-order valence-electron chi connectivity index (χ4n) is 7.63. The van der Waals surface area contributed by atoms with Crippen molar-refractivity contribution in [2.45, 2.75) is 91.5 Å². The van der Waals surface area contributed by atoms with E-state index in [9.17, 15) is 4.79 Å². The maximum atomic E-state index is 12.2. The summed E-state index contributed by atoms with van der Waals surface area (Å²) in [4.78, 5) is 12.2. The predicted molar refractivity (Wildman–Crippen MR) is 109 cm³/mol. The van der Waals surface area contributed by atoms with Gasteiger partial charge in [-0.25, -0.2) is 0 Å². The molecule has 0 aliphatic heterocycles. The minimum absolute atomic E-state index is 0.260. The molecule has 3 saturated carbocycles. The number of fused-ring (bicyclic) bond motifs is 5. The summed E-state index contributed by atoms with van der Waals surface area (Å²) in [7, 11) is -1.50. The Morgan fingerprint density at radius 1 is 1.04 bits per heavy atom. The van der Waals surface area contributed by atoms with Gasteiger partial charge in [0, 0.05) is 6.42 Å². The quantitative estimate of drug-likeness (QED) is 0.555. The van der Waals surface area contributed by atoms with E-state index in [1.807, 2.05) is 6.08 Å². The molecule has 3 heteroatoms. The van der Waals surface area contributed by atoms with E-state index in [0.717, 1.165) is 24.2 Å². The van der Waals surface area contributed by atoms with Gasteiger partial charge in [0.05, 0.1) is 6.10 Å². The highest BCUT2D eigenvalue weighted by atomic mass is 28.4. The van der Waals surface area contributed by atoms with Crippen LogP contribution in [-0.4, -0.2) is 20.2 Å². The fourth-order valence-corrected chi connectivity index (χ4v) is 8.87. The second-order valence-electron chi connectivity index (χ2n) is 11.3. The molecule has 0 N–H and O–H groups in total. The van der Waals surface area contributed by atoms with Gasteiger partial charge in [-0.3, -0.25) is 4.79 Å². The first kappa shape index (κ1) is 18.9. The van der Waals surface area contributed by atoms with E-state index in [-0.39, 0.29) is 5.41 Å². The summed E-state index contributed by atoms with van der Waals surface area (Å²) in [6.07, 6.45) is 11.1. The van der Waals surface area contributed by atoms with Gasteiger partial charge in [-0.2, -0.15) is 0 Å². The Labute approximate surface area is 161 Å². The maximum absolute atomic E-state index is 12.2. The Hall–Kier alpha value is -0.413. The van der Waals surface area contributed by atoms with Crippen LogP contribution in [0.5, 0.6) is 0 Å². The van der Waals surface area contributed by atoms with Crippen LogP contribution in [0.1, 0.15) is 65.7 Å². The van der Waals surface area contributed by atoms with E-state index in [0.29, 0.717) is 23.2 Å². The van der Waals surface area contributed by atoms with Gasteiger partial charge in [0.25, 0.3) is 0 Å². The van der Waals surface area contributed by atoms with Gasteiger partial charge in [-0.05, 0) is 106 Å². The van der Waals surface area contributed by atoms with E-state index in [2.05, 4.69) is 40.4 Å². The first-order valence-electron chi connectivity index (χ1n) is 10.9. The van der Waals surface area contributed by atoms with Gasteiger partial charge in [0.15, 0.2) is 14.1 Å². The highest BCUT2D eigenvalue weighted by molar-refractivity contribution is 6.69. The Bertz CT molecular complexity index is 633. The molecule has 2 nitrogen and oxygen atoms in total. The largest absolute Gasteiger partial charge is 0.414 e. The Kier molecular flexibility index (Phi) is 4.40. The molecule has 4 aliphatic rings. The lowest BCUT2D eigenvalue weighted by atomic mass is 9.45. The summed E-state index contributed by atoms with van der Waals surface area (Å²) in [5, 5.41) is 0. The SMILES string of the molecule is CC1=CC(=O)CC2CCC3C4CCC(O[Si](C)(C)C)C4(C)CCC3C12C. The molecule has 26 heavy (non-hydrogen) atoms. The number of carbonyl (C=O) groups is 1. The number of rotatable bonds is 2. The minimum atomic E-state index is -1.50. The molecule has 7 atom stereocenters. The number of allylic oxidation sites excluding steroid dienone is 2. The molecule has 0 spiro atoms. The number of ketones is 1. The van der Waals surface area contributed by atoms with E-state index in [1.165, 1.54) is 44.1 Å². The molecule has 0 aromatic carbocycles. The lowest BCUT2D eigenvalue weighted by Crippen LogP contribution is -2.54. The van der Waals surface area contributed by atoms with Crippen LogP contribution in [0.4, 0.5) is 0 Å². The molecular weight excluding hydrogens is 336 g/mol. The van der Waals surface area contributed by atoms with Crippen LogP contribution in [0.25, 0.3) is 0 Å². The van der Waals surface area contributed by atoms with Gasteiger partial charge < -0.3 is 4.43 Å². The lowest BCUT2D eigenvalue weighted by molar-refractivity contribution is -0.124. The molecule has 7 unspecified atom stereocenters. The Morgan fingerprint density at radius 2 is 1.77 bits per heavy atom. The van der Waals surface area contributed by atoms with Crippen molar-refractivity contribution in [1.82, 2.24) is 0 Å². The summed E-state index contributed by atoms with van der Waals surface area (Å²) < 4.78 is 6.70. The van der Waals surface area contributed by atoms with E-state index in [1.54, 1.807) is 0 Å². The van der Waals surface area contributed by atoms with Crippen LogP contribution in [0.3, 0.4) is 0 Å². The summed E-state index contributed by atoms with van der Waals surface area (Å²) >= 11 is 0. The lowest BCUT2D eigenvalue weighted by Gasteiger charge is -2.60.